The van der Waals surface area contributed by atoms with Gasteiger partial charge >= 0.3 is 0 Å². The first kappa shape index (κ1) is 45.3. The molecule has 0 radical (unpaired) electrons. The molecular formula is C52H56BrN5O8. The molecular weight excluding hydrogens is 903 g/mol. The van der Waals surface area contributed by atoms with Gasteiger partial charge in [0.15, 0.2) is 0 Å². The number of hydrogen-bond donors (Lipinski definition) is 0. The normalized spacial score (nSPS) is 22.8. The summed E-state index contributed by atoms with van der Waals surface area (Å²) in [4.78, 5) is 90.8. The summed E-state index contributed by atoms with van der Waals surface area (Å²) in [5, 5.41) is 1.98. The van der Waals surface area contributed by atoms with Crippen molar-refractivity contribution in [2.75, 3.05) is 13.1 Å². The lowest BCUT2D eigenvalue weighted by atomic mass is 9.86. The van der Waals surface area contributed by atoms with Crippen molar-refractivity contribution in [2.24, 2.45) is 11.8 Å². The molecule has 3 fully saturated rings. The fourth-order valence-corrected chi connectivity index (χ4v) is 10.6. The van der Waals surface area contributed by atoms with E-state index < -0.39 is 46.5 Å². The predicted molar refractivity (Wildman–Crippen MR) is 249 cm³/mol. The fourth-order valence-electron chi connectivity index (χ4n) is 10.2. The Morgan fingerprint density at radius 2 is 1.03 bits per heavy atom. The van der Waals surface area contributed by atoms with E-state index in [0.29, 0.717) is 43.8 Å². The topological polar surface area (TPSA) is 137 Å². The van der Waals surface area contributed by atoms with Crippen LogP contribution in [0.5, 0.6) is 11.5 Å². The number of halogens is 1. The minimum atomic E-state index is -1.60. The molecule has 4 aromatic rings. The zero-order valence-corrected chi connectivity index (χ0v) is 39.6. The molecule has 5 aliphatic rings. The zero-order chi connectivity index (χ0) is 46.5. The Bertz CT molecular complexity index is 2590. The summed E-state index contributed by atoms with van der Waals surface area (Å²) in [7, 11) is 0. The molecule has 0 saturated carbocycles. The maximum atomic E-state index is 14.8. The maximum absolute atomic E-state index is 14.8. The first-order chi connectivity index (χ1) is 31.7. The van der Waals surface area contributed by atoms with Gasteiger partial charge in [-0.25, -0.2) is 0 Å². The molecule has 9 rings (SSSR count). The lowest BCUT2D eigenvalue weighted by molar-refractivity contribution is -0.195. The van der Waals surface area contributed by atoms with Crippen molar-refractivity contribution in [1.82, 2.24) is 24.7 Å². The molecule has 13 nitrogen and oxygen atoms in total. The van der Waals surface area contributed by atoms with Crippen LogP contribution in [0.2, 0.25) is 0 Å². The Balaban J connectivity index is 0.881. The number of benzene rings is 4. The van der Waals surface area contributed by atoms with E-state index >= 15 is 0 Å². The van der Waals surface area contributed by atoms with Crippen LogP contribution in [-0.2, 0) is 57.4 Å². The van der Waals surface area contributed by atoms with Gasteiger partial charge < -0.3 is 19.3 Å². The number of rotatable bonds is 13. The average Bonchev–Trinajstić information content (AvgIpc) is 3.86. The second-order valence-electron chi connectivity index (χ2n) is 19.1. The standard InChI is InChI=1S/C52H56BrN5O8/c1-33(2)38-21-25-54(26-22-38)28-35-13-17-37(18-14-35)32-66-44-10-6-8-40-42(44)30-56(48(40)62)52(4)24-20-46(60)58(50(52)64)57-45(59)19-23-51(3,49(57)63)55-29-41-39(47(55)61)7-5-9-43(41)65-31-36-15-11-34(27-53)12-16-36/h5-18,33,38H,19-32H2,1-4H3/t51-,52-/m0/s1. The molecule has 0 bridgehead atoms. The monoisotopic (exact) mass is 957 g/mol. The van der Waals surface area contributed by atoms with E-state index in [0.717, 1.165) is 53.5 Å². The number of ether oxygens (including phenoxy) is 2. The number of nitrogens with zero attached hydrogens (tertiary/aromatic N) is 5. The van der Waals surface area contributed by atoms with Crippen molar-refractivity contribution in [1.29, 1.82) is 0 Å². The number of piperidine rings is 3. The number of carbonyl (C=O) groups excluding carboxylic acids is 6. The summed E-state index contributed by atoms with van der Waals surface area (Å²) in [5.41, 5.74) is 3.05. The highest BCUT2D eigenvalue weighted by Crippen LogP contribution is 2.43. The average molecular weight is 959 g/mol. The third-order valence-corrected chi connectivity index (χ3v) is 15.3. The summed E-state index contributed by atoms with van der Waals surface area (Å²) in [5.74, 6) is -1.55. The highest BCUT2D eigenvalue weighted by Gasteiger charge is 2.59. The van der Waals surface area contributed by atoms with Crippen molar-refractivity contribution in [3.63, 3.8) is 0 Å². The van der Waals surface area contributed by atoms with Gasteiger partial charge in [-0.3, -0.25) is 33.7 Å². The fraction of sp³-hybridized carbons (Fsp3) is 0.423. The van der Waals surface area contributed by atoms with E-state index in [-0.39, 0.29) is 52.0 Å². The van der Waals surface area contributed by atoms with Gasteiger partial charge in [0.2, 0.25) is 11.8 Å². The van der Waals surface area contributed by atoms with E-state index in [1.807, 2.05) is 24.3 Å². The number of likely N-dealkylation sites (tertiary alicyclic amines) is 1. The maximum Gasteiger partial charge on any atom is 0.274 e. The highest BCUT2D eigenvalue weighted by molar-refractivity contribution is 9.08. The predicted octanol–water partition coefficient (Wildman–Crippen LogP) is 7.95. The van der Waals surface area contributed by atoms with Gasteiger partial charge in [0.05, 0.1) is 13.1 Å². The Morgan fingerprint density at radius 1 is 0.606 bits per heavy atom. The molecule has 66 heavy (non-hydrogen) atoms. The largest absolute Gasteiger partial charge is 0.489 e. The van der Waals surface area contributed by atoms with Crippen LogP contribution in [0, 0.1) is 11.8 Å². The number of hydrogen-bond acceptors (Lipinski definition) is 9. The van der Waals surface area contributed by atoms with Crippen molar-refractivity contribution in [3.05, 3.63) is 129 Å². The first-order valence-electron chi connectivity index (χ1n) is 23.0. The van der Waals surface area contributed by atoms with Crippen molar-refractivity contribution in [3.8, 4) is 11.5 Å². The summed E-state index contributed by atoms with van der Waals surface area (Å²) < 4.78 is 12.6. The molecule has 4 aromatic carbocycles. The van der Waals surface area contributed by atoms with Crippen molar-refractivity contribution >= 4 is 51.4 Å². The van der Waals surface area contributed by atoms with Gasteiger partial charge in [-0.1, -0.05) is 90.4 Å². The second kappa shape index (κ2) is 18.1. The summed E-state index contributed by atoms with van der Waals surface area (Å²) in [6.07, 6.45) is 2.01. The third-order valence-electron chi connectivity index (χ3n) is 14.6. The van der Waals surface area contributed by atoms with Crippen LogP contribution in [0.1, 0.15) is 120 Å². The highest BCUT2D eigenvalue weighted by atomic mass is 79.9. The lowest BCUT2D eigenvalue weighted by Gasteiger charge is -2.49. The molecule has 5 aliphatic heterocycles. The SMILES string of the molecule is CC(C)C1CCN(Cc2ccc(COc3cccc4c3CN([C@@]3(C)CCC(=O)N(N5C(=O)CC[C@](C)(N6Cc7c(OCc8ccc(CBr)cc8)cccc7C6=O)C5=O)C3=O)C4=O)cc2)CC1. The molecule has 3 saturated heterocycles. The first-order valence-corrected chi connectivity index (χ1v) is 24.1. The summed E-state index contributed by atoms with van der Waals surface area (Å²) in [6, 6.07) is 26.8. The van der Waals surface area contributed by atoms with Crippen LogP contribution >= 0.6 is 15.9 Å². The Hall–Kier alpha value is -5.86. The van der Waals surface area contributed by atoms with Crippen LogP contribution in [0.15, 0.2) is 84.9 Å². The van der Waals surface area contributed by atoms with Crippen molar-refractivity contribution in [2.45, 2.75) is 115 Å². The molecule has 6 amide bonds. The lowest BCUT2D eigenvalue weighted by Crippen LogP contribution is -2.72. The number of alkyl halides is 1. The van der Waals surface area contributed by atoms with E-state index in [9.17, 15) is 28.8 Å². The Labute approximate surface area is 394 Å². The molecule has 5 heterocycles. The van der Waals surface area contributed by atoms with Crippen LogP contribution in [0.3, 0.4) is 0 Å². The quantitative estimate of drug-likeness (QED) is 0.0967. The smallest absolute Gasteiger partial charge is 0.274 e. The van der Waals surface area contributed by atoms with Crippen LogP contribution in [-0.4, -0.2) is 84.3 Å². The van der Waals surface area contributed by atoms with E-state index in [1.54, 1.807) is 50.2 Å². The molecule has 2 atom stereocenters. The summed E-state index contributed by atoms with van der Waals surface area (Å²) in [6.45, 7) is 11.5. The minimum absolute atomic E-state index is 0.0178. The molecule has 0 aromatic heterocycles. The molecule has 0 spiro atoms. The van der Waals surface area contributed by atoms with Crippen LogP contribution in [0.25, 0.3) is 0 Å². The summed E-state index contributed by atoms with van der Waals surface area (Å²) >= 11 is 3.46. The third kappa shape index (κ3) is 8.20. The van der Waals surface area contributed by atoms with Crippen LogP contribution in [0.4, 0.5) is 0 Å². The number of fused-ring (bicyclic) bond motifs is 2. The van der Waals surface area contributed by atoms with E-state index in [1.165, 1.54) is 28.2 Å². The number of hydrazine groups is 1. The molecule has 0 N–H and O–H groups in total. The Morgan fingerprint density at radius 3 is 1.45 bits per heavy atom. The number of carbonyl (C=O) groups is 6. The molecule has 0 aliphatic carbocycles. The minimum Gasteiger partial charge on any atom is -0.489 e. The number of amides is 6. The van der Waals surface area contributed by atoms with Gasteiger partial charge in [-0.2, -0.15) is 10.0 Å². The molecule has 14 heteroatoms. The van der Waals surface area contributed by atoms with Crippen molar-refractivity contribution < 1.29 is 38.2 Å². The zero-order valence-electron chi connectivity index (χ0n) is 38.0. The van der Waals surface area contributed by atoms with Gasteiger partial charge in [0.25, 0.3) is 23.6 Å². The Kier molecular flexibility index (Phi) is 12.4. The molecule has 0 unspecified atom stereocenters. The van der Waals surface area contributed by atoms with Gasteiger partial charge in [0, 0.05) is 47.0 Å². The van der Waals surface area contributed by atoms with E-state index in [4.69, 9.17) is 9.47 Å². The van der Waals surface area contributed by atoms with E-state index in [2.05, 4.69) is 58.9 Å². The second-order valence-corrected chi connectivity index (χ2v) is 19.7. The van der Waals surface area contributed by atoms with Gasteiger partial charge in [-0.15, -0.1) is 0 Å². The van der Waals surface area contributed by atoms with Gasteiger partial charge in [0.1, 0.15) is 35.8 Å². The van der Waals surface area contributed by atoms with Gasteiger partial charge in [-0.05, 0) is 111 Å². The number of imide groups is 2. The van der Waals surface area contributed by atoms with Crippen LogP contribution < -0.4 is 9.47 Å². The molecule has 344 valence electrons.